The van der Waals surface area contributed by atoms with Crippen molar-refractivity contribution in [1.29, 1.82) is 0 Å². The first-order chi connectivity index (χ1) is 12.9. The lowest BCUT2D eigenvalue weighted by atomic mass is 10.2. The molecule has 1 N–H and O–H groups in total. The first-order valence-electron chi connectivity index (χ1n) is 7.87. The molecule has 0 aromatic heterocycles. The second-order valence-electron chi connectivity index (χ2n) is 5.62. The lowest BCUT2D eigenvalue weighted by Gasteiger charge is -2.09. The van der Waals surface area contributed by atoms with Crippen molar-refractivity contribution in [3.05, 3.63) is 68.0 Å². The predicted molar refractivity (Wildman–Crippen MR) is 112 cm³/mol. The molecule has 1 heterocycles. The maximum absolute atomic E-state index is 11.9. The Hall–Kier alpha value is -2.09. The molecule has 3 rings (SSSR count). The van der Waals surface area contributed by atoms with Crippen molar-refractivity contribution < 1.29 is 14.3 Å². The van der Waals surface area contributed by atoms with Gasteiger partial charge >= 0.3 is 0 Å². The Morgan fingerprint density at radius 1 is 1.30 bits per heavy atom. The van der Waals surface area contributed by atoms with Crippen LogP contribution >= 0.6 is 39.3 Å². The highest BCUT2D eigenvalue weighted by Gasteiger charge is 2.22. The number of halogens is 2. The summed E-state index contributed by atoms with van der Waals surface area (Å²) < 4.78 is 6.58. The zero-order chi connectivity index (χ0) is 19.4. The highest BCUT2D eigenvalue weighted by atomic mass is 79.9. The minimum atomic E-state index is -0.372. The van der Waals surface area contributed by atoms with Gasteiger partial charge in [-0.1, -0.05) is 29.8 Å². The SMILES string of the molecule is CC(=O)NC1=NC(=O)/C(=C/c2ccc(OCc3ccc(Cl)cc3)c(Br)c2)S1. The van der Waals surface area contributed by atoms with Gasteiger partial charge in [0.1, 0.15) is 12.4 Å². The molecule has 0 bridgehead atoms. The average Bonchev–Trinajstić information content (AvgIpc) is 2.94. The Kier molecular flexibility index (Phi) is 6.36. The summed E-state index contributed by atoms with van der Waals surface area (Å²) in [6.07, 6.45) is 1.72. The van der Waals surface area contributed by atoms with Gasteiger partial charge in [-0.05, 0) is 69.2 Å². The Morgan fingerprint density at radius 3 is 2.70 bits per heavy atom. The molecule has 0 aliphatic carbocycles. The quantitative estimate of drug-likeness (QED) is 0.659. The second-order valence-corrected chi connectivity index (χ2v) is 7.94. The van der Waals surface area contributed by atoms with Crippen LogP contribution < -0.4 is 10.1 Å². The van der Waals surface area contributed by atoms with Crippen LogP contribution in [-0.4, -0.2) is 17.0 Å². The molecule has 0 radical (unpaired) electrons. The summed E-state index contributed by atoms with van der Waals surface area (Å²) in [5.41, 5.74) is 1.82. The third-order valence-electron chi connectivity index (χ3n) is 3.46. The van der Waals surface area contributed by atoms with E-state index in [1.165, 1.54) is 6.92 Å². The van der Waals surface area contributed by atoms with Crippen LogP contribution in [-0.2, 0) is 16.2 Å². The number of thioether (sulfide) groups is 1. The minimum Gasteiger partial charge on any atom is -0.488 e. The Labute approximate surface area is 174 Å². The van der Waals surface area contributed by atoms with E-state index in [9.17, 15) is 9.59 Å². The monoisotopic (exact) mass is 464 g/mol. The molecule has 0 saturated carbocycles. The van der Waals surface area contributed by atoms with Gasteiger partial charge in [-0.25, -0.2) is 0 Å². The van der Waals surface area contributed by atoms with Gasteiger partial charge in [-0.15, -0.1) is 0 Å². The predicted octanol–water partition coefficient (Wildman–Crippen LogP) is 4.79. The van der Waals surface area contributed by atoms with Crippen LogP contribution in [0.5, 0.6) is 5.75 Å². The number of amides is 2. The van der Waals surface area contributed by atoms with Gasteiger partial charge in [0.05, 0.1) is 9.38 Å². The van der Waals surface area contributed by atoms with Crippen molar-refractivity contribution in [3.63, 3.8) is 0 Å². The average molecular weight is 466 g/mol. The molecule has 1 aliphatic rings. The molecular weight excluding hydrogens is 452 g/mol. The van der Waals surface area contributed by atoms with E-state index in [-0.39, 0.29) is 11.8 Å². The van der Waals surface area contributed by atoms with E-state index in [0.29, 0.717) is 27.5 Å². The number of nitrogens with one attached hydrogen (secondary N) is 1. The van der Waals surface area contributed by atoms with Gasteiger partial charge in [-0.2, -0.15) is 4.99 Å². The topological polar surface area (TPSA) is 67.8 Å². The van der Waals surface area contributed by atoms with Crippen LogP contribution in [0, 0.1) is 0 Å². The van der Waals surface area contributed by atoms with Crippen LogP contribution in [0.4, 0.5) is 0 Å². The van der Waals surface area contributed by atoms with Crippen LogP contribution in [0.3, 0.4) is 0 Å². The summed E-state index contributed by atoms with van der Waals surface area (Å²) in [4.78, 5) is 27.3. The largest absolute Gasteiger partial charge is 0.488 e. The van der Waals surface area contributed by atoms with Crippen molar-refractivity contribution in [1.82, 2.24) is 5.32 Å². The maximum atomic E-state index is 11.9. The van der Waals surface area contributed by atoms with Crippen LogP contribution in [0.1, 0.15) is 18.1 Å². The molecule has 5 nitrogen and oxygen atoms in total. The van der Waals surface area contributed by atoms with Crippen LogP contribution in [0.15, 0.2) is 56.8 Å². The summed E-state index contributed by atoms with van der Waals surface area (Å²) in [6.45, 7) is 1.79. The lowest BCUT2D eigenvalue weighted by molar-refractivity contribution is -0.117. The Balaban J connectivity index is 1.67. The molecule has 0 fully saturated rings. The van der Waals surface area contributed by atoms with Crippen LogP contribution in [0.25, 0.3) is 6.08 Å². The summed E-state index contributed by atoms with van der Waals surface area (Å²) in [5.74, 6) is 0.0517. The maximum Gasteiger partial charge on any atom is 0.286 e. The van der Waals surface area contributed by atoms with Crippen molar-refractivity contribution in [2.45, 2.75) is 13.5 Å². The number of ether oxygens (including phenoxy) is 1. The summed E-state index contributed by atoms with van der Waals surface area (Å²) in [7, 11) is 0. The third kappa shape index (κ3) is 5.45. The van der Waals surface area contributed by atoms with E-state index in [0.717, 1.165) is 27.4 Å². The van der Waals surface area contributed by atoms with Gasteiger partial charge in [0.25, 0.3) is 5.91 Å². The molecule has 0 spiro atoms. The molecule has 2 aromatic carbocycles. The van der Waals surface area contributed by atoms with Crippen LogP contribution in [0.2, 0.25) is 5.02 Å². The van der Waals surface area contributed by atoms with E-state index in [1.54, 1.807) is 6.08 Å². The number of carbonyl (C=O) groups is 2. The van der Waals surface area contributed by atoms with Crippen molar-refractivity contribution in [2.24, 2.45) is 4.99 Å². The molecule has 0 atom stereocenters. The van der Waals surface area contributed by atoms with E-state index in [4.69, 9.17) is 16.3 Å². The second kappa shape index (κ2) is 8.73. The van der Waals surface area contributed by atoms with E-state index < -0.39 is 0 Å². The molecule has 8 heteroatoms. The van der Waals surface area contributed by atoms with Crippen molar-refractivity contribution >= 4 is 62.4 Å². The zero-order valence-electron chi connectivity index (χ0n) is 14.2. The van der Waals surface area contributed by atoms with Gasteiger partial charge in [0.2, 0.25) is 5.91 Å². The zero-order valence-corrected chi connectivity index (χ0v) is 17.3. The summed E-state index contributed by atoms with van der Waals surface area (Å²) in [6, 6.07) is 13.0. The molecule has 0 unspecified atom stereocenters. The van der Waals surface area contributed by atoms with E-state index in [1.807, 2.05) is 42.5 Å². The fourth-order valence-corrected chi connectivity index (χ4v) is 3.73. The smallest absolute Gasteiger partial charge is 0.286 e. The highest BCUT2D eigenvalue weighted by Crippen LogP contribution is 2.31. The Bertz CT molecular complexity index is 958. The number of aliphatic imine (C=N–C) groups is 1. The molecule has 27 heavy (non-hydrogen) atoms. The molecular formula is C19H14BrClN2O3S. The molecule has 138 valence electrons. The Morgan fingerprint density at radius 2 is 2.04 bits per heavy atom. The van der Waals surface area contributed by atoms with Crippen molar-refractivity contribution in [3.8, 4) is 5.75 Å². The van der Waals surface area contributed by atoms with Crippen molar-refractivity contribution in [2.75, 3.05) is 0 Å². The van der Waals surface area contributed by atoms with E-state index >= 15 is 0 Å². The number of nitrogens with zero attached hydrogens (tertiary/aromatic N) is 1. The van der Waals surface area contributed by atoms with E-state index in [2.05, 4.69) is 26.2 Å². The van der Waals surface area contributed by atoms with Gasteiger partial charge < -0.3 is 10.1 Å². The molecule has 0 saturated heterocycles. The fraction of sp³-hybridized carbons (Fsp3) is 0.105. The normalized spacial score (nSPS) is 15.0. The number of rotatable bonds is 4. The standard InChI is InChI=1S/C19H14BrClN2O3S/c1-11(24)22-19-23-18(25)17(27-19)9-13-4-7-16(15(20)8-13)26-10-12-2-5-14(21)6-3-12/h2-9H,10H2,1H3,(H,22,23,24,25)/b17-9-. The third-order valence-corrected chi connectivity index (χ3v) is 5.24. The number of benzene rings is 2. The number of carbonyl (C=O) groups excluding carboxylic acids is 2. The molecule has 1 aliphatic heterocycles. The lowest BCUT2D eigenvalue weighted by Crippen LogP contribution is -2.23. The van der Waals surface area contributed by atoms with Gasteiger partial charge in [-0.3, -0.25) is 9.59 Å². The minimum absolute atomic E-state index is 0.264. The highest BCUT2D eigenvalue weighted by molar-refractivity contribution is 9.10. The summed E-state index contributed by atoms with van der Waals surface area (Å²) in [5, 5.41) is 3.49. The number of hydrogen-bond acceptors (Lipinski definition) is 4. The summed E-state index contributed by atoms with van der Waals surface area (Å²) >= 11 is 10.5. The van der Waals surface area contributed by atoms with Gasteiger partial charge in [0, 0.05) is 11.9 Å². The molecule has 2 aromatic rings. The first-order valence-corrected chi connectivity index (χ1v) is 9.86. The number of amidine groups is 1. The fourth-order valence-electron chi connectivity index (χ4n) is 2.23. The number of hydrogen-bond donors (Lipinski definition) is 1. The molecule has 2 amide bonds. The van der Waals surface area contributed by atoms with Gasteiger partial charge in [0.15, 0.2) is 5.17 Å². The first kappa shape index (κ1) is 19.7.